The van der Waals surface area contributed by atoms with E-state index in [4.69, 9.17) is 15.2 Å². The topological polar surface area (TPSA) is 125 Å². The predicted octanol–water partition coefficient (Wildman–Crippen LogP) is -1.04. The van der Waals surface area contributed by atoms with Crippen molar-refractivity contribution in [3.05, 3.63) is 28.2 Å². The summed E-state index contributed by atoms with van der Waals surface area (Å²) in [6.45, 7) is 3.29. The first kappa shape index (κ1) is 15.8. The number of hydrogen-bond donors (Lipinski definition) is 3. The number of nitrogens with two attached hydrogens (primary N) is 1. The van der Waals surface area contributed by atoms with E-state index in [2.05, 4.69) is 10.7 Å². The van der Waals surface area contributed by atoms with Gasteiger partial charge in [-0.3, -0.25) is 19.1 Å². The van der Waals surface area contributed by atoms with Gasteiger partial charge >= 0.3 is 5.97 Å². The number of hydrogen-bond acceptors (Lipinski definition) is 7. The highest BCUT2D eigenvalue weighted by Crippen LogP contribution is 2.14. The summed E-state index contributed by atoms with van der Waals surface area (Å²) < 4.78 is 11.4. The van der Waals surface area contributed by atoms with E-state index < -0.39 is 30.1 Å². The third-order valence-electron chi connectivity index (χ3n) is 3.16. The summed E-state index contributed by atoms with van der Waals surface area (Å²) in [5, 5.41) is 2.52. The molecule has 1 aliphatic heterocycles. The molecular formula is C13H18N4O5. The highest BCUT2D eigenvalue weighted by molar-refractivity contribution is 5.96. The molecule has 0 saturated heterocycles. The summed E-state index contributed by atoms with van der Waals surface area (Å²) in [5.74, 6) is -1.38. The van der Waals surface area contributed by atoms with E-state index in [0.717, 1.165) is 0 Å². The number of esters is 1. The van der Waals surface area contributed by atoms with Crippen LogP contribution in [0.2, 0.25) is 0 Å². The van der Waals surface area contributed by atoms with Gasteiger partial charge in [0.2, 0.25) is 18.0 Å². The number of fused-ring (bicyclic) bond motifs is 1. The largest absolute Gasteiger partial charge is 0.451 e. The zero-order chi connectivity index (χ0) is 16.3. The van der Waals surface area contributed by atoms with Gasteiger partial charge in [-0.05, 0) is 5.92 Å². The molecule has 1 aromatic rings. The van der Waals surface area contributed by atoms with Crippen LogP contribution in [-0.2, 0) is 9.53 Å². The molecule has 0 spiro atoms. The third kappa shape index (κ3) is 3.19. The fourth-order valence-corrected chi connectivity index (χ4v) is 1.81. The maximum absolute atomic E-state index is 11.8. The second-order valence-electron chi connectivity index (χ2n) is 5.06. The summed E-state index contributed by atoms with van der Waals surface area (Å²) in [7, 11) is 0. The summed E-state index contributed by atoms with van der Waals surface area (Å²) in [6.07, 6.45) is 1.42. The van der Waals surface area contributed by atoms with Gasteiger partial charge in [0, 0.05) is 12.3 Å². The Hall–Kier alpha value is -2.55. The molecule has 1 unspecified atom stereocenters. The second-order valence-corrected chi connectivity index (χ2v) is 5.06. The molecule has 0 bridgehead atoms. The molecule has 120 valence electrons. The molecule has 0 fully saturated rings. The van der Waals surface area contributed by atoms with E-state index in [9.17, 15) is 14.4 Å². The van der Waals surface area contributed by atoms with Gasteiger partial charge in [0.15, 0.2) is 5.69 Å². The monoisotopic (exact) mass is 310 g/mol. The van der Waals surface area contributed by atoms with Crippen molar-refractivity contribution in [2.75, 3.05) is 18.9 Å². The van der Waals surface area contributed by atoms with Crippen molar-refractivity contribution in [1.29, 1.82) is 0 Å². The van der Waals surface area contributed by atoms with E-state index in [1.165, 1.54) is 16.9 Å². The zero-order valence-corrected chi connectivity index (χ0v) is 12.3. The van der Waals surface area contributed by atoms with Crippen molar-refractivity contribution in [3.8, 4) is 5.75 Å². The normalized spacial score (nSPS) is 14.6. The SMILES string of the molecule is CC(C)C(N)C(=O)OCOc1c2n(ccc1=O)NCNC2=O. The minimum absolute atomic E-state index is 0.0166. The Balaban J connectivity index is 2.09. The minimum Gasteiger partial charge on any atom is -0.451 e. The Morgan fingerprint density at radius 3 is 2.86 bits per heavy atom. The van der Waals surface area contributed by atoms with E-state index in [1.807, 2.05) is 0 Å². The van der Waals surface area contributed by atoms with Crippen LogP contribution in [0.25, 0.3) is 0 Å². The lowest BCUT2D eigenvalue weighted by molar-refractivity contribution is -0.152. The highest BCUT2D eigenvalue weighted by Gasteiger charge is 2.24. The number of rotatable bonds is 5. The Bertz CT molecular complexity index is 640. The van der Waals surface area contributed by atoms with Crippen LogP contribution in [0.15, 0.2) is 17.1 Å². The van der Waals surface area contributed by atoms with Crippen LogP contribution in [0.4, 0.5) is 0 Å². The van der Waals surface area contributed by atoms with Crippen LogP contribution in [0.5, 0.6) is 5.75 Å². The Labute approximate surface area is 126 Å². The zero-order valence-electron chi connectivity index (χ0n) is 12.3. The molecule has 1 amide bonds. The number of ether oxygens (including phenoxy) is 2. The lowest BCUT2D eigenvalue weighted by Crippen LogP contribution is -2.43. The average molecular weight is 310 g/mol. The molecule has 1 atom stereocenters. The summed E-state index contributed by atoms with van der Waals surface area (Å²) in [4.78, 5) is 35.3. The van der Waals surface area contributed by atoms with E-state index in [1.54, 1.807) is 13.8 Å². The molecule has 9 nitrogen and oxygen atoms in total. The molecule has 0 aromatic carbocycles. The highest BCUT2D eigenvalue weighted by atomic mass is 16.7. The first-order valence-electron chi connectivity index (χ1n) is 6.74. The van der Waals surface area contributed by atoms with Gasteiger partial charge in [0.25, 0.3) is 5.91 Å². The van der Waals surface area contributed by atoms with E-state index in [-0.39, 0.29) is 24.0 Å². The number of amides is 1. The number of nitrogens with one attached hydrogen (secondary N) is 2. The molecule has 2 rings (SSSR count). The summed E-state index contributed by atoms with van der Waals surface area (Å²) >= 11 is 0. The number of pyridine rings is 1. The smallest absolute Gasteiger partial charge is 0.326 e. The van der Waals surface area contributed by atoms with Gasteiger partial charge in [0.05, 0.1) is 0 Å². The van der Waals surface area contributed by atoms with Gasteiger partial charge in [-0.25, -0.2) is 0 Å². The van der Waals surface area contributed by atoms with Crippen molar-refractivity contribution in [3.63, 3.8) is 0 Å². The Morgan fingerprint density at radius 1 is 1.45 bits per heavy atom. The van der Waals surface area contributed by atoms with Crippen LogP contribution in [0, 0.1) is 5.92 Å². The third-order valence-corrected chi connectivity index (χ3v) is 3.16. The molecule has 0 aliphatic carbocycles. The molecule has 9 heteroatoms. The fourth-order valence-electron chi connectivity index (χ4n) is 1.81. The van der Waals surface area contributed by atoms with Crippen LogP contribution >= 0.6 is 0 Å². The lowest BCUT2D eigenvalue weighted by Gasteiger charge is -2.23. The number of aromatic nitrogens is 1. The average Bonchev–Trinajstić information content (AvgIpc) is 2.48. The first-order chi connectivity index (χ1) is 10.4. The molecule has 2 heterocycles. The van der Waals surface area contributed by atoms with Crippen molar-refractivity contribution in [2.45, 2.75) is 19.9 Å². The number of carbonyl (C=O) groups excluding carboxylic acids is 2. The van der Waals surface area contributed by atoms with Crippen molar-refractivity contribution in [2.24, 2.45) is 11.7 Å². The van der Waals surface area contributed by atoms with Crippen LogP contribution in [0.3, 0.4) is 0 Å². The number of carbonyl (C=O) groups is 2. The standard InChI is InChI=1S/C13H18N4O5/c1-7(2)9(14)13(20)22-6-21-11-8(18)3-4-17-10(11)12(19)15-5-16-17/h3-4,7,9,16H,5-6,14H2,1-2H3,(H,15,19). The number of nitrogens with zero attached hydrogens (tertiary/aromatic N) is 1. The maximum Gasteiger partial charge on any atom is 0.326 e. The van der Waals surface area contributed by atoms with Gasteiger partial charge in [-0.15, -0.1) is 0 Å². The van der Waals surface area contributed by atoms with Crippen LogP contribution in [0.1, 0.15) is 24.3 Å². The van der Waals surface area contributed by atoms with Crippen molar-refractivity contribution in [1.82, 2.24) is 9.99 Å². The van der Waals surface area contributed by atoms with Gasteiger partial charge < -0.3 is 25.9 Å². The van der Waals surface area contributed by atoms with Crippen LogP contribution < -0.4 is 26.6 Å². The van der Waals surface area contributed by atoms with E-state index >= 15 is 0 Å². The molecule has 0 saturated carbocycles. The quantitative estimate of drug-likeness (QED) is 0.468. The van der Waals surface area contributed by atoms with Crippen molar-refractivity contribution >= 4 is 11.9 Å². The molecule has 4 N–H and O–H groups in total. The lowest BCUT2D eigenvalue weighted by atomic mass is 10.1. The summed E-state index contributed by atoms with van der Waals surface area (Å²) in [6, 6.07) is 0.464. The second kappa shape index (κ2) is 6.48. The van der Waals surface area contributed by atoms with Crippen LogP contribution in [-0.4, -0.2) is 36.1 Å². The first-order valence-corrected chi connectivity index (χ1v) is 6.74. The fraction of sp³-hybridized carbons (Fsp3) is 0.462. The molecular weight excluding hydrogens is 292 g/mol. The Morgan fingerprint density at radius 2 is 2.18 bits per heavy atom. The Kier molecular flexibility index (Phi) is 4.66. The predicted molar refractivity (Wildman–Crippen MR) is 76.8 cm³/mol. The van der Waals surface area contributed by atoms with Gasteiger partial charge in [-0.2, -0.15) is 0 Å². The maximum atomic E-state index is 11.8. The minimum atomic E-state index is -0.778. The molecule has 0 radical (unpaired) electrons. The molecule has 1 aliphatic rings. The molecule has 22 heavy (non-hydrogen) atoms. The van der Waals surface area contributed by atoms with Gasteiger partial charge in [0.1, 0.15) is 12.7 Å². The van der Waals surface area contributed by atoms with Gasteiger partial charge in [-0.1, -0.05) is 13.8 Å². The van der Waals surface area contributed by atoms with E-state index in [0.29, 0.717) is 0 Å². The molecule has 1 aromatic heterocycles. The van der Waals surface area contributed by atoms with Crippen molar-refractivity contribution < 1.29 is 19.1 Å². The summed E-state index contributed by atoms with van der Waals surface area (Å²) in [5.41, 5.74) is 7.99.